The zero-order valence-electron chi connectivity index (χ0n) is 10.9. The van der Waals surface area contributed by atoms with E-state index >= 15 is 0 Å². The van der Waals surface area contributed by atoms with E-state index in [9.17, 15) is 9.59 Å². The molecule has 1 aromatic rings. The average molecular weight is 285 g/mol. The number of amides is 2. The third-order valence-electron chi connectivity index (χ3n) is 2.41. The normalized spacial score (nSPS) is 10.3. The van der Waals surface area contributed by atoms with Gasteiger partial charge in [0.25, 0.3) is 0 Å². The molecule has 0 heterocycles. The highest BCUT2D eigenvalue weighted by atomic mass is 35.5. The van der Waals surface area contributed by atoms with Crippen molar-refractivity contribution in [1.29, 1.82) is 0 Å². The summed E-state index contributed by atoms with van der Waals surface area (Å²) < 4.78 is 0. The Hall–Kier alpha value is -1.75. The zero-order valence-corrected chi connectivity index (χ0v) is 11.6. The number of carboxylic acid groups (broad SMARTS) is 1. The van der Waals surface area contributed by atoms with E-state index in [0.29, 0.717) is 18.2 Å². The molecule has 0 saturated carbocycles. The van der Waals surface area contributed by atoms with Crippen LogP contribution < -0.4 is 10.6 Å². The molecule has 0 saturated heterocycles. The molecule has 0 aromatic heterocycles. The van der Waals surface area contributed by atoms with E-state index in [0.717, 1.165) is 6.42 Å². The van der Waals surface area contributed by atoms with E-state index in [-0.39, 0.29) is 16.6 Å². The number of hydrogen-bond acceptors (Lipinski definition) is 2. The van der Waals surface area contributed by atoms with Crippen molar-refractivity contribution < 1.29 is 14.7 Å². The number of anilines is 1. The van der Waals surface area contributed by atoms with Crippen molar-refractivity contribution in [2.24, 2.45) is 5.92 Å². The number of hydrogen-bond donors (Lipinski definition) is 3. The molecule has 3 N–H and O–H groups in total. The maximum absolute atomic E-state index is 11.6. The summed E-state index contributed by atoms with van der Waals surface area (Å²) in [5.41, 5.74) is 0.386. The molecule has 104 valence electrons. The van der Waals surface area contributed by atoms with Gasteiger partial charge >= 0.3 is 12.0 Å². The van der Waals surface area contributed by atoms with Gasteiger partial charge in [-0.15, -0.1) is 0 Å². The molecular formula is C13H17ClN2O3. The van der Waals surface area contributed by atoms with Crippen LogP contribution in [0.5, 0.6) is 0 Å². The first kappa shape index (κ1) is 15.3. The molecule has 0 aliphatic carbocycles. The van der Waals surface area contributed by atoms with Gasteiger partial charge in [-0.1, -0.05) is 25.4 Å². The van der Waals surface area contributed by atoms with Crippen LogP contribution in [-0.2, 0) is 0 Å². The van der Waals surface area contributed by atoms with Crippen LogP contribution in [0.1, 0.15) is 30.6 Å². The fourth-order valence-electron chi connectivity index (χ4n) is 1.43. The lowest BCUT2D eigenvalue weighted by molar-refractivity contribution is 0.0697. The van der Waals surface area contributed by atoms with Gasteiger partial charge in [0.1, 0.15) is 0 Å². The lowest BCUT2D eigenvalue weighted by Gasteiger charge is -2.09. The Morgan fingerprint density at radius 1 is 1.32 bits per heavy atom. The summed E-state index contributed by atoms with van der Waals surface area (Å²) in [4.78, 5) is 22.4. The van der Waals surface area contributed by atoms with Crippen LogP contribution in [0.2, 0.25) is 5.02 Å². The Morgan fingerprint density at radius 2 is 2.00 bits per heavy atom. The molecule has 0 aliphatic heterocycles. The SMILES string of the molecule is CC(C)CCNC(=O)Nc1cc(Cl)cc(C(=O)O)c1. The molecule has 0 bridgehead atoms. The largest absolute Gasteiger partial charge is 0.478 e. The van der Waals surface area contributed by atoms with Gasteiger partial charge in [0.2, 0.25) is 0 Å². The van der Waals surface area contributed by atoms with Crippen molar-refractivity contribution in [3.8, 4) is 0 Å². The number of carboxylic acids is 1. The number of halogens is 1. The number of nitrogens with one attached hydrogen (secondary N) is 2. The summed E-state index contributed by atoms with van der Waals surface area (Å²) in [5, 5.41) is 14.4. The molecule has 0 radical (unpaired) electrons. The van der Waals surface area contributed by atoms with Crippen LogP contribution in [0.3, 0.4) is 0 Å². The molecule has 19 heavy (non-hydrogen) atoms. The zero-order chi connectivity index (χ0) is 14.4. The molecule has 1 rings (SSSR count). The molecule has 0 atom stereocenters. The standard InChI is InChI=1S/C13H17ClN2O3/c1-8(2)3-4-15-13(19)16-11-6-9(12(17)18)5-10(14)7-11/h5-8H,3-4H2,1-2H3,(H,17,18)(H2,15,16,19). The quantitative estimate of drug-likeness (QED) is 0.777. The predicted octanol–water partition coefficient (Wildman–Crippen LogP) is 3.21. The molecule has 5 nitrogen and oxygen atoms in total. The summed E-state index contributed by atoms with van der Waals surface area (Å²) in [7, 11) is 0. The first-order chi connectivity index (χ1) is 8.88. The molecule has 2 amide bonds. The summed E-state index contributed by atoms with van der Waals surface area (Å²) >= 11 is 5.79. The molecular weight excluding hydrogens is 268 g/mol. The van der Waals surface area contributed by atoms with Crippen LogP contribution in [0.4, 0.5) is 10.5 Å². The van der Waals surface area contributed by atoms with Crippen molar-refractivity contribution in [3.63, 3.8) is 0 Å². The van der Waals surface area contributed by atoms with Crippen molar-refractivity contribution in [1.82, 2.24) is 5.32 Å². The minimum Gasteiger partial charge on any atom is -0.478 e. The second-order valence-electron chi connectivity index (χ2n) is 4.60. The molecule has 0 spiro atoms. The number of carbonyl (C=O) groups excluding carboxylic acids is 1. The maximum atomic E-state index is 11.6. The monoisotopic (exact) mass is 284 g/mol. The Labute approximate surface area is 117 Å². The van der Waals surface area contributed by atoms with E-state index in [1.165, 1.54) is 18.2 Å². The first-order valence-corrected chi connectivity index (χ1v) is 6.35. The van der Waals surface area contributed by atoms with Gasteiger partial charge in [0.15, 0.2) is 0 Å². The van der Waals surface area contributed by atoms with E-state index in [1.54, 1.807) is 0 Å². The second kappa shape index (κ2) is 6.99. The van der Waals surface area contributed by atoms with Gasteiger partial charge in [0, 0.05) is 17.3 Å². The van der Waals surface area contributed by atoms with E-state index in [1.807, 2.05) is 0 Å². The van der Waals surface area contributed by atoms with E-state index in [4.69, 9.17) is 16.7 Å². The third kappa shape index (κ3) is 5.61. The van der Waals surface area contributed by atoms with Gasteiger partial charge in [-0.2, -0.15) is 0 Å². The van der Waals surface area contributed by atoms with Gasteiger partial charge in [0.05, 0.1) is 5.56 Å². The van der Waals surface area contributed by atoms with E-state index in [2.05, 4.69) is 24.5 Å². The van der Waals surface area contributed by atoms with Gasteiger partial charge < -0.3 is 15.7 Å². The summed E-state index contributed by atoms with van der Waals surface area (Å²) in [6, 6.07) is 3.80. The first-order valence-electron chi connectivity index (χ1n) is 5.97. The molecule has 0 aliphatic rings. The van der Waals surface area contributed by atoms with Gasteiger partial charge in [-0.25, -0.2) is 9.59 Å². The number of rotatable bonds is 5. The third-order valence-corrected chi connectivity index (χ3v) is 2.63. The summed E-state index contributed by atoms with van der Waals surface area (Å²) in [6.45, 7) is 4.70. The highest BCUT2D eigenvalue weighted by Crippen LogP contribution is 2.19. The van der Waals surface area contributed by atoms with Gasteiger partial charge in [-0.05, 0) is 30.5 Å². The second-order valence-corrected chi connectivity index (χ2v) is 5.03. The average Bonchev–Trinajstić information content (AvgIpc) is 2.27. The fraction of sp³-hybridized carbons (Fsp3) is 0.385. The fourth-order valence-corrected chi connectivity index (χ4v) is 1.67. The molecule has 1 aromatic carbocycles. The van der Waals surface area contributed by atoms with Crippen molar-refractivity contribution in [2.45, 2.75) is 20.3 Å². The molecule has 6 heteroatoms. The van der Waals surface area contributed by atoms with Crippen molar-refractivity contribution in [3.05, 3.63) is 28.8 Å². The minimum atomic E-state index is -1.09. The van der Waals surface area contributed by atoms with Crippen LogP contribution in [0.15, 0.2) is 18.2 Å². The lowest BCUT2D eigenvalue weighted by atomic mass is 10.1. The topological polar surface area (TPSA) is 78.4 Å². The molecule has 0 fully saturated rings. The van der Waals surface area contributed by atoms with Gasteiger partial charge in [-0.3, -0.25) is 0 Å². The number of benzene rings is 1. The number of urea groups is 1. The molecule has 0 unspecified atom stereocenters. The van der Waals surface area contributed by atoms with Crippen LogP contribution >= 0.6 is 11.6 Å². The lowest BCUT2D eigenvalue weighted by Crippen LogP contribution is -2.30. The van der Waals surface area contributed by atoms with E-state index < -0.39 is 5.97 Å². The predicted molar refractivity (Wildman–Crippen MR) is 74.9 cm³/mol. The van der Waals surface area contributed by atoms with Crippen LogP contribution in [-0.4, -0.2) is 23.7 Å². The van der Waals surface area contributed by atoms with Crippen molar-refractivity contribution >= 4 is 29.3 Å². The number of aromatic carboxylic acids is 1. The summed E-state index contributed by atoms with van der Waals surface area (Å²) in [6.07, 6.45) is 0.878. The Morgan fingerprint density at radius 3 is 2.58 bits per heavy atom. The minimum absolute atomic E-state index is 0.0324. The smallest absolute Gasteiger partial charge is 0.335 e. The summed E-state index contributed by atoms with van der Waals surface area (Å²) in [5.74, 6) is -0.587. The number of carbonyl (C=O) groups is 2. The highest BCUT2D eigenvalue weighted by molar-refractivity contribution is 6.31. The Balaban J connectivity index is 2.61. The highest BCUT2D eigenvalue weighted by Gasteiger charge is 2.08. The van der Waals surface area contributed by atoms with Crippen molar-refractivity contribution in [2.75, 3.05) is 11.9 Å². The Kier molecular flexibility index (Phi) is 5.63. The Bertz CT molecular complexity index is 475. The maximum Gasteiger partial charge on any atom is 0.335 e. The van der Waals surface area contributed by atoms with Crippen LogP contribution in [0, 0.1) is 5.92 Å². The van der Waals surface area contributed by atoms with Crippen LogP contribution in [0.25, 0.3) is 0 Å².